The molecule has 1 unspecified atom stereocenters. The molecule has 1 atom stereocenters. The standard InChI is InChI=1S/C21H16FN3O4S/c1-11-23-24-21(30-11)25-17(14-5-3-4-6-15(14)22)16(19(27)20(25)28)18(26)12-7-9-13(29-2)10-8-12/h3-10,17,26H,1-2H3/b18-16+. The molecule has 0 saturated carbocycles. The van der Waals surface area contributed by atoms with Crippen LogP contribution in [0.4, 0.5) is 9.52 Å². The van der Waals surface area contributed by atoms with Crippen LogP contribution in [0, 0.1) is 12.7 Å². The molecule has 0 bridgehead atoms. The summed E-state index contributed by atoms with van der Waals surface area (Å²) in [6.45, 7) is 1.70. The maximum Gasteiger partial charge on any atom is 0.301 e. The molecule has 4 rings (SSSR count). The summed E-state index contributed by atoms with van der Waals surface area (Å²) in [5.74, 6) is -2.30. The third-order valence-electron chi connectivity index (χ3n) is 4.73. The van der Waals surface area contributed by atoms with Crippen LogP contribution in [-0.4, -0.2) is 34.1 Å². The predicted molar refractivity (Wildman–Crippen MR) is 109 cm³/mol. The second-order valence-electron chi connectivity index (χ2n) is 6.52. The number of aliphatic hydroxyl groups is 1. The Kier molecular flexibility index (Phi) is 5.04. The number of benzene rings is 2. The molecule has 2 aromatic carbocycles. The van der Waals surface area contributed by atoms with E-state index in [2.05, 4.69) is 10.2 Å². The van der Waals surface area contributed by atoms with E-state index in [1.54, 1.807) is 37.3 Å². The van der Waals surface area contributed by atoms with Crippen LogP contribution in [-0.2, 0) is 9.59 Å². The minimum Gasteiger partial charge on any atom is -0.507 e. The average molecular weight is 425 g/mol. The molecular weight excluding hydrogens is 409 g/mol. The van der Waals surface area contributed by atoms with E-state index in [-0.39, 0.29) is 16.3 Å². The van der Waals surface area contributed by atoms with Gasteiger partial charge >= 0.3 is 5.91 Å². The number of aliphatic hydroxyl groups excluding tert-OH is 1. The van der Waals surface area contributed by atoms with Gasteiger partial charge in [0.1, 0.15) is 28.4 Å². The summed E-state index contributed by atoms with van der Waals surface area (Å²) < 4.78 is 19.8. The van der Waals surface area contributed by atoms with Gasteiger partial charge in [-0.2, -0.15) is 0 Å². The number of anilines is 1. The number of ether oxygens (including phenoxy) is 1. The zero-order chi connectivity index (χ0) is 21.4. The third kappa shape index (κ3) is 3.22. The minimum absolute atomic E-state index is 0.0691. The molecular formula is C21H16FN3O4S. The van der Waals surface area contributed by atoms with Crippen molar-refractivity contribution < 1.29 is 23.8 Å². The van der Waals surface area contributed by atoms with Gasteiger partial charge in [-0.05, 0) is 37.3 Å². The zero-order valence-corrected chi connectivity index (χ0v) is 16.8. The van der Waals surface area contributed by atoms with Crippen molar-refractivity contribution in [3.63, 3.8) is 0 Å². The molecule has 0 spiro atoms. The molecule has 1 N–H and O–H groups in total. The fourth-order valence-corrected chi connectivity index (χ4v) is 4.02. The van der Waals surface area contributed by atoms with Crippen molar-refractivity contribution >= 4 is 33.9 Å². The fourth-order valence-electron chi connectivity index (χ4n) is 3.31. The fraction of sp³-hybridized carbons (Fsp3) is 0.143. The molecule has 152 valence electrons. The van der Waals surface area contributed by atoms with Crippen LogP contribution in [0.1, 0.15) is 22.2 Å². The first-order valence-electron chi connectivity index (χ1n) is 8.92. The Hall–Kier alpha value is -3.59. The number of hydrogen-bond donors (Lipinski definition) is 1. The Bertz CT molecular complexity index is 1170. The van der Waals surface area contributed by atoms with Crippen LogP contribution in [0.15, 0.2) is 54.1 Å². The molecule has 1 aromatic heterocycles. The van der Waals surface area contributed by atoms with Crippen LogP contribution in [0.5, 0.6) is 5.75 Å². The van der Waals surface area contributed by atoms with Gasteiger partial charge < -0.3 is 9.84 Å². The van der Waals surface area contributed by atoms with Gasteiger partial charge in [-0.1, -0.05) is 29.5 Å². The Morgan fingerprint density at radius 1 is 1.13 bits per heavy atom. The van der Waals surface area contributed by atoms with E-state index < -0.39 is 29.3 Å². The quantitative estimate of drug-likeness (QED) is 0.390. The number of carbonyl (C=O) groups excluding carboxylic acids is 2. The molecule has 9 heteroatoms. The van der Waals surface area contributed by atoms with Crippen molar-refractivity contribution in [1.82, 2.24) is 10.2 Å². The highest BCUT2D eigenvalue weighted by atomic mass is 32.1. The van der Waals surface area contributed by atoms with Gasteiger partial charge in [0.05, 0.1) is 12.7 Å². The summed E-state index contributed by atoms with van der Waals surface area (Å²) in [5.41, 5.74) is 0.145. The van der Waals surface area contributed by atoms with Gasteiger partial charge in [0, 0.05) is 11.1 Å². The molecule has 1 amide bonds. The zero-order valence-electron chi connectivity index (χ0n) is 16.0. The summed E-state index contributed by atoms with van der Waals surface area (Å²) >= 11 is 1.10. The molecule has 1 aliphatic rings. The van der Waals surface area contributed by atoms with Crippen LogP contribution in [0.3, 0.4) is 0 Å². The van der Waals surface area contributed by atoms with Gasteiger partial charge in [-0.25, -0.2) is 4.39 Å². The number of rotatable bonds is 4. The first-order chi connectivity index (χ1) is 14.4. The molecule has 0 aliphatic carbocycles. The van der Waals surface area contributed by atoms with E-state index in [1.807, 2.05) is 0 Å². The number of Topliss-reactive ketones (excluding diaryl/α,β-unsaturated/α-hetero) is 1. The highest BCUT2D eigenvalue weighted by Gasteiger charge is 2.49. The van der Waals surface area contributed by atoms with E-state index in [0.717, 1.165) is 16.2 Å². The molecule has 1 fully saturated rings. The van der Waals surface area contributed by atoms with Crippen molar-refractivity contribution in [3.05, 3.63) is 76.1 Å². The first-order valence-corrected chi connectivity index (χ1v) is 9.74. The van der Waals surface area contributed by atoms with Crippen LogP contribution in [0.25, 0.3) is 5.76 Å². The van der Waals surface area contributed by atoms with Gasteiger partial charge in [0.15, 0.2) is 0 Å². The highest BCUT2D eigenvalue weighted by Crippen LogP contribution is 2.43. The molecule has 30 heavy (non-hydrogen) atoms. The highest BCUT2D eigenvalue weighted by molar-refractivity contribution is 7.15. The molecule has 1 saturated heterocycles. The van der Waals surface area contributed by atoms with E-state index in [1.165, 1.54) is 25.3 Å². The summed E-state index contributed by atoms with van der Waals surface area (Å²) in [5, 5.41) is 19.5. The van der Waals surface area contributed by atoms with Crippen LogP contribution in [0.2, 0.25) is 0 Å². The number of methoxy groups -OCH3 is 1. The van der Waals surface area contributed by atoms with Crippen molar-refractivity contribution in [1.29, 1.82) is 0 Å². The SMILES string of the molecule is COc1ccc(/C(O)=C2\C(=O)C(=O)N(c3nnc(C)s3)C2c2ccccc2F)cc1. The van der Waals surface area contributed by atoms with Crippen molar-refractivity contribution in [2.45, 2.75) is 13.0 Å². The molecule has 3 aromatic rings. The lowest BCUT2D eigenvalue weighted by Gasteiger charge is -2.22. The number of ketones is 1. The maximum atomic E-state index is 14.7. The number of carbonyl (C=O) groups is 2. The number of aromatic nitrogens is 2. The topological polar surface area (TPSA) is 92.6 Å². The normalized spacial score (nSPS) is 18.1. The monoisotopic (exact) mass is 425 g/mol. The Labute approximate surface area is 175 Å². The van der Waals surface area contributed by atoms with Gasteiger partial charge in [0.2, 0.25) is 5.13 Å². The average Bonchev–Trinajstić information content (AvgIpc) is 3.29. The third-order valence-corrected chi connectivity index (χ3v) is 5.57. The second kappa shape index (κ2) is 7.68. The Morgan fingerprint density at radius 2 is 1.83 bits per heavy atom. The van der Waals surface area contributed by atoms with Gasteiger partial charge in [-0.3, -0.25) is 14.5 Å². The Balaban J connectivity index is 1.94. The summed E-state index contributed by atoms with van der Waals surface area (Å²) in [4.78, 5) is 26.9. The van der Waals surface area contributed by atoms with E-state index in [4.69, 9.17) is 4.74 Å². The lowest BCUT2D eigenvalue weighted by molar-refractivity contribution is -0.132. The van der Waals surface area contributed by atoms with E-state index >= 15 is 0 Å². The summed E-state index contributed by atoms with van der Waals surface area (Å²) in [6, 6.07) is 10.9. The van der Waals surface area contributed by atoms with Gasteiger partial charge in [-0.15, -0.1) is 10.2 Å². The maximum absolute atomic E-state index is 14.7. The largest absolute Gasteiger partial charge is 0.507 e. The van der Waals surface area contributed by atoms with Crippen molar-refractivity contribution in [3.8, 4) is 5.75 Å². The Morgan fingerprint density at radius 3 is 2.43 bits per heavy atom. The molecule has 7 nitrogen and oxygen atoms in total. The number of aryl methyl sites for hydroxylation is 1. The molecule has 1 aliphatic heterocycles. The summed E-state index contributed by atoms with van der Waals surface area (Å²) in [6.07, 6.45) is 0. The van der Waals surface area contributed by atoms with Crippen LogP contribution < -0.4 is 9.64 Å². The van der Waals surface area contributed by atoms with Gasteiger partial charge in [0.25, 0.3) is 5.78 Å². The summed E-state index contributed by atoms with van der Waals surface area (Å²) in [7, 11) is 1.50. The van der Waals surface area contributed by atoms with E-state index in [9.17, 15) is 19.1 Å². The predicted octanol–water partition coefficient (Wildman–Crippen LogP) is 3.62. The number of nitrogens with zero attached hydrogens (tertiary/aromatic N) is 3. The number of amides is 1. The smallest absolute Gasteiger partial charge is 0.301 e. The number of hydrogen-bond acceptors (Lipinski definition) is 7. The second-order valence-corrected chi connectivity index (χ2v) is 7.68. The first kappa shape index (κ1) is 19.7. The lowest BCUT2D eigenvalue weighted by Crippen LogP contribution is -2.29. The van der Waals surface area contributed by atoms with Crippen LogP contribution >= 0.6 is 11.3 Å². The molecule has 2 heterocycles. The van der Waals surface area contributed by atoms with Crippen molar-refractivity contribution in [2.75, 3.05) is 12.0 Å². The van der Waals surface area contributed by atoms with E-state index in [0.29, 0.717) is 16.3 Å². The lowest BCUT2D eigenvalue weighted by atomic mass is 9.95. The van der Waals surface area contributed by atoms with Crippen molar-refractivity contribution in [2.24, 2.45) is 0 Å². The number of halogens is 1. The minimum atomic E-state index is -1.18. The molecule has 0 radical (unpaired) electrons.